The maximum Gasteiger partial charge on any atom is 0.255 e. The number of likely N-dealkylation sites (tertiary alicyclic amines) is 1. The predicted molar refractivity (Wildman–Crippen MR) is 106 cm³/mol. The number of benzene rings is 1. The zero-order valence-electron chi connectivity index (χ0n) is 15.0. The molecule has 0 unspecified atom stereocenters. The zero-order chi connectivity index (χ0) is 19.4. The van der Waals surface area contributed by atoms with Gasteiger partial charge < -0.3 is 9.64 Å². The van der Waals surface area contributed by atoms with Crippen molar-refractivity contribution in [3.8, 4) is 5.75 Å². The van der Waals surface area contributed by atoms with E-state index < -0.39 is 9.84 Å². The number of aromatic nitrogens is 1. The minimum absolute atomic E-state index is 0.0958. The summed E-state index contributed by atoms with van der Waals surface area (Å²) in [5.41, 5.74) is 0.894. The highest BCUT2D eigenvalue weighted by atomic mass is 79.9. The number of ether oxygens (including phenoxy) is 1. The summed E-state index contributed by atoms with van der Waals surface area (Å²) in [4.78, 5) is 18.6. The van der Waals surface area contributed by atoms with Crippen LogP contribution in [0, 0.1) is 0 Å². The normalized spacial score (nSPS) is 14.8. The fraction of sp³-hybridized carbons (Fsp3) is 0.368. The number of sulfone groups is 1. The Bertz CT molecular complexity index is 940. The molecule has 8 heteroatoms. The second-order valence-electron chi connectivity index (χ2n) is 6.49. The van der Waals surface area contributed by atoms with Crippen molar-refractivity contribution in [2.75, 3.05) is 20.2 Å². The average molecular weight is 453 g/mol. The lowest BCUT2D eigenvalue weighted by molar-refractivity contribution is 0.0724. The van der Waals surface area contributed by atoms with Crippen molar-refractivity contribution in [2.45, 2.75) is 29.9 Å². The third-order valence-corrected chi connectivity index (χ3v) is 6.70. The first-order valence-electron chi connectivity index (χ1n) is 8.70. The lowest BCUT2D eigenvalue weighted by atomic mass is 10.1. The van der Waals surface area contributed by atoms with Gasteiger partial charge in [-0.2, -0.15) is 0 Å². The fourth-order valence-electron chi connectivity index (χ4n) is 3.15. The van der Waals surface area contributed by atoms with Gasteiger partial charge in [0.05, 0.1) is 18.4 Å². The van der Waals surface area contributed by atoms with Gasteiger partial charge in [-0.05, 0) is 49.1 Å². The summed E-state index contributed by atoms with van der Waals surface area (Å²) in [7, 11) is -2.23. The number of amides is 1. The molecule has 2 aromatic rings. The maximum absolute atomic E-state index is 12.9. The Morgan fingerprint density at radius 2 is 1.93 bits per heavy atom. The molecule has 0 bridgehead atoms. The lowest BCUT2D eigenvalue weighted by Crippen LogP contribution is -2.35. The predicted octanol–water partition coefficient (Wildman–Crippen LogP) is 3.45. The van der Waals surface area contributed by atoms with Gasteiger partial charge in [-0.3, -0.25) is 9.78 Å². The van der Waals surface area contributed by atoms with Gasteiger partial charge in [-0.25, -0.2) is 8.42 Å². The van der Waals surface area contributed by atoms with Crippen molar-refractivity contribution in [1.29, 1.82) is 0 Å². The molecular formula is C19H21BrN2O4S. The van der Waals surface area contributed by atoms with Crippen LogP contribution in [0.25, 0.3) is 0 Å². The summed E-state index contributed by atoms with van der Waals surface area (Å²) in [5, 5.41) is 0. The van der Waals surface area contributed by atoms with E-state index in [4.69, 9.17) is 4.74 Å². The van der Waals surface area contributed by atoms with Crippen molar-refractivity contribution in [1.82, 2.24) is 9.88 Å². The first kappa shape index (κ1) is 19.8. The molecule has 1 aromatic heterocycles. The van der Waals surface area contributed by atoms with Crippen LogP contribution in [-0.2, 0) is 15.6 Å². The first-order valence-corrected chi connectivity index (χ1v) is 11.1. The largest absolute Gasteiger partial charge is 0.495 e. The summed E-state index contributed by atoms with van der Waals surface area (Å²) in [6.45, 7) is 1.47. The minimum atomic E-state index is -3.67. The van der Waals surface area contributed by atoms with E-state index in [1.807, 2.05) is 0 Å². The standard InChI is InChI=1S/C19H21BrN2O4S/c1-26-17-6-5-16(20)10-18(17)27(24,25)13-14-9-15(12-21-11-14)19(23)22-7-3-2-4-8-22/h5-6,9-12H,2-4,7-8,13H2,1H3. The van der Waals surface area contributed by atoms with Gasteiger partial charge in [0.25, 0.3) is 5.91 Å². The van der Waals surface area contributed by atoms with Crippen LogP contribution in [0.4, 0.5) is 0 Å². The van der Waals surface area contributed by atoms with Crippen LogP contribution in [-0.4, -0.2) is 44.4 Å². The SMILES string of the molecule is COc1ccc(Br)cc1S(=O)(=O)Cc1cncc(C(=O)N2CCCCC2)c1. The van der Waals surface area contributed by atoms with Gasteiger partial charge in [0.15, 0.2) is 9.84 Å². The molecule has 1 aromatic carbocycles. The van der Waals surface area contributed by atoms with Gasteiger partial charge >= 0.3 is 0 Å². The van der Waals surface area contributed by atoms with Crippen molar-refractivity contribution in [2.24, 2.45) is 0 Å². The maximum atomic E-state index is 12.9. The smallest absolute Gasteiger partial charge is 0.255 e. The molecule has 0 aliphatic carbocycles. The average Bonchev–Trinajstić information content (AvgIpc) is 2.68. The second-order valence-corrected chi connectivity index (χ2v) is 9.36. The van der Waals surface area contributed by atoms with Crippen LogP contribution in [0.5, 0.6) is 5.75 Å². The van der Waals surface area contributed by atoms with E-state index in [9.17, 15) is 13.2 Å². The number of piperidine rings is 1. The number of halogens is 1. The van der Waals surface area contributed by atoms with E-state index >= 15 is 0 Å². The molecule has 1 aliphatic rings. The van der Waals surface area contributed by atoms with E-state index in [1.165, 1.54) is 25.6 Å². The lowest BCUT2D eigenvalue weighted by Gasteiger charge is -2.26. The molecule has 0 N–H and O–H groups in total. The molecule has 2 heterocycles. The molecule has 0 atom stereocenters. The third-order valence-electron chi connectivity index (χ3n) is 4.50. The number of hydrogen-bond donors (Lipinski definition) is 0. The van der Waals surface area contributed by atoms with Crippen molar-refractivity contribution < 1.29 is 17.9 Å². The molecule has 1 amide bonds. The molecule has 27 heavy (non-hydrogen) atoms. The molecule has 0 saturated carbocycles. The molecule has 3 rings (SSSR count). The van der Waals surface area contributed by atoms with Crippen molar-refractivity contribution in [3.63, 3.8) is 0 Å². The Labute approximate surface area is 167 Å². The van der Waals surface area contributed by atoms with Gasteiger partial charge in [-0.1, -0.05) is 15.9 Å². The second kappa shape index (κ2) is 8.39. The zero-order valence-corrected chi connectivity index (χ0v) is 17.4. The first-order chi connectivity index (χ1) is 12.9. The fourth-order valence-corrected chi connectivity index (χ4v) is 5.18. The summed E-state index contributed by atoms with van der Waals surface area (Å²) < 4.78 is 31.6. The van der Waals surface area contributed by atoms with E-state index in [-0.39, 0.29) is 22.3 Å². The number of nitrogens with zero attached hydrogens (tertiary/aromatic N) is 2. The van der Waals surface area contributed by atoms with Crippen LogP contribution in [0.1, 0.15) is 35.2 Å². The molecule has 0 radical (unpaired) electrons. The van der Waals surface area contributed by atoms with Gasteiger partial charge in [-0.15, -0.1) is 0 Å². The van der Waals surface area contributed by atoms with Crippen molar-refractivity contribution in [3.05, 3.63) is 52.3 Å². The van der Waals surface area contributed by atoms with E-state index in [1.54, 1.807) is 23.1 Å². The van der Waals surface area contributed by atoms with Crippen molar-refractivity contribution >= 4 is 31.7 Å². The Balaban J connectivity index is 1.85. The highest BCUT2D eigenvalue weighted by molar-refractivity contribution is 9.10. The number of carbonyl (C=O) groups excluding carboxylic acids is 1. The number of rotatable bonds is 5. The Hall–Kier alpha value is -1.93. The summed E-state index contributed by atoms with van der Waals surface area (Å²) in [6.07, 6.45) is 6.10. The van der Waals surface area contributed by atoms with Crippen LogP contribution in [0.3, 0.4) is 0 Å². The van der Waals surface area contributed by atoms with Gasteiger partial charge in [0, 0.05) is 30.0 Å². The highest BCUT2D eigenvalue weighted by Gasteiger charge is 2.23. The molecular weight excluding hydrogens is 432 g/mol. The molecule has 144 valence electrons. The number of pyridine rings is 1. The Morgan fingerprint density at radius 3 is 2.63 bits per heavy atom. The third kappa shape index (κ3) is 4.68. The summed E-state index contributed by atoms with van der Waals surface area (Å²) >= 11 is 3.30. The van der Waals surface area contributed by atoms with Crippen LogP contribution >= 0.6 is 15.9 Å². The Kier molecular flexibility index (Phi) is 6.16. The van der Waals surface area contributed by atoms with E-state index in [0.29, 0.717) is 15.6 Å². The molecule has 6 nitrogen and oxygen atoms in total. The number of carbonyl (C=O) groups is 1. The van der Waals surface area contributed by atoms with Gasteiger partial charge in [0.2, 0.25) is 0 Å². The summed E-state index contributed by atoms with van der Waals surface area (Å²) in [5.74, 6) is -0.0679. The Morgan fingerprint density at radius 1 is 1.19 bits per heavy atom. The van der Waals surface area contributed by atoms with E-state index in [2.05, 4.69) is 20.9 Å². The number of methoxy groups -OCH3 is 1. The number of hydrogen-bond acceptors (Lipinski definition) is 5. The monoisotopic (exact) mass is 452 g/mol. The minimum Gasteiger partial charge on any atom is -0.495 e. The topological polar surface area (TPSA) is 76.6 Å². The summed E-state index contributed by atoms with van der Waals surface area (Å²) in [6, 6.07) is 6.46. The van der Waals surface area contributed by atoms with Crippen LogP contribution in [0.2, 0.25) is 0 Å². The van der Waals surface area contributed by atoms with Crippen LogP contribution in [0.15, 0.2) is 46.0 Å². The van der Waals surface area contributed by atoms with E-state index in [0.717, 1.165) is 32.4 Å². The highest BCUT2D eigenvalue weighted by Crippen LogP contribution is 2.29. The molecule has 0 spiro atoms. The van der Waals surface area contributed by atoms with Crippen LogP contribution < -0.4 is 4.74 Å². The quantitative estimate of drug-likeness (QED) is 0.693. The molecule has 1 fully saturated rings. The molecule has 1 saturated heterocycles. The van der Waals surface area contributed by atoms with Gasteiger partial charge in [0.1, 0.15) is 10.6 Å². The molecule has 1 aliphatic heterocycles.